The van der Waals surface area contributed by atoms with E-state index in [9.17, 15) is 14.0 Å². The van der Waals surface area contributed by atoms with Gasteiger partial charge in [0.05, 0.1) is 5.69 Å². The average Bonchev–Trinajstić information content (AvgIpc) is 2.74. The van der Waals surface area contributed by atoms with E-state index in [0.717, 1.165) is 10.2 Å². The van der Waals surface area contributed by atoms with Crippen molar-refractivity contribution in [1.82, 2.24) is 15.1 Å². The first-order valence-corrected chi connectivity index (χ1v) is 9.08. The van der Waals surface area contributed by atoms with Crippen LogP contribution in [-0.4, -0.2) is 28.9 Å². The quantitative estimate of drug-likeness (QED) is 0.716. The Morgan fingerprint density at radius 2 is 1.86 bits per heavy atom. The Morgan fingerprint density at radius 3 is 2.69 bits per heavy atom. The van der Waals surface area contributed by atoms with Crippen molar-refractivity contribution >= 4 is 5.91 Å². The van der Waals surface area contributed by atoms with E-state index in [2.05, 4.69) is 10.4 Å². The summed E-state index contributed by atoms with van der Waals surface area (Å²) in [6.45, 7) is 0.719. The molecule has 1 N–H and O–H groups in total. The normalized spacial score (nSPS) is 12.4. The van der Waals surface area contributed by atoms with Gasteiger partial charge in [-0.3, -0.25) is 9.59 Å². The molecule has 3 aromatic rings. The molecular formula is C21H18FN3O4. The summed E-state index contributed by atoms with van der Waals surface area (Å²) in [7, 11) is 0. The number of fused-ring (bicyclic) bond motifs is 1. The topological polar surface area (TPSA) is 82.5 Å². The minimum absolute atomic E-state index is 0.0299. The summed E-state index contributed by atoms with van der Waals surface area (Å²) in [4.78, 5) is 24.3. The van der Waals surface area contributed by atoms with E-state index in [4.69, 9.17) is 9.47 Å². The predicted octanol–water partition coefficient (Wildman–Crippen LogP) is 2.14. The van der Waals surface area contributed by atoms with Crippen LogP contribution in [0.5, 0.6) is 11.5 Å². The number of amides is 1. The largest absolute Gasteiger partial charge is 0.486 e. The molecule has 148 valence electrons. The van der Waals surface area contributed by atoms with E-state index in [0.29, 0.717) is 36.0 Å². The van der Waals surface area contributed by atoms with Gasteiger partial charge in [-0.05, 0) is 30.3 Å². The second-order valence-corrected chi connectivity index (χ2v) is 6.44. The summed E-state index contributed by atoms with van der Waals surface area (Å²) in [6.07, 6.45) is 0. The number of carbonyl (C=O) groups is 1. The molecule has 8 heteroatoms. The number of halogens is 1. The predicted molar refractivity (Wildman–Crippen MR) is 103 cm³/mol. The molecule has 1 aliphatic heterocycles. The molecule has 0 aliphatic carbocycles. The Bertz CT molecular complexity index is 1110. The Kier molecular flexibility index (Phi) is 5.24. The van der Waals surface area contributed by atoms with Crippen LogP contribution in [-0.2, 0) is 17.9 Å². The zero-order chi connectivity index (χ0) is 20.2. The van der Waals surface area contributed by atoms with Crippen LogP contribution in [0.4, 0.5) is 4.39 Å². The molecule has 0 saturated heterocycles. The van der Waals surface area contributed by atoms with Crippen LogP contribution in [0.3, 0.4) is 0 Å². The lowest BCUT2D eigenvalue weighted by atomic mass is 10.1. The molecule has 0 unspecified atom stereocenters. The van der Waals surface area contributed by atoms with Crippen LogP contribution in [0.1, 0.15) is 5.56 Å². The van der Waals surface area contributed by atoms with E-state index in [1.54, 1.807) is 36.4 Å². The molecule has 0 saturated carbocycles. The lowest BCUT2D eigenvalue weighted by molar-refractivity contribution is -0.122. The summed E-state index contributed by atoms with van der Waals surface area (Å²) >= 11 is 0. The fourth-order valence-corrected chi connectivity index (χ4v) is 2.95. The van der Waals surface area contributed by atoms with Gasteiger partial charge in [0.15, 0.2) is 11.5 Å². The number of rotatable bonds is 5. The Morgan fingerprint density at radius 1 is 1.07 bits per heavy atom. The first-order valence-electron chi connectivity index (χ1n) is 9.08. The monoisotopic (exact) mass is 395 g/mol. The Hall–Kier alpha value is -3.68. The number of hydrogen-bond donors (Lipinski definition) is 1. The molecular weight excluding hydrogens is 377 g/mol. The molecule has 1 amide bonds. The highest BCUT2D eigenvalue weighted by atomic mass is 19.1. The van der Waals surface area contributed by atoms with Gasteiger partial charge in [0.1, 0.15) is 25.6 Å². The molecule has 0 bridgehead atoms. The van der Waals surface area contributed by atoms with Gasteiger partial charge in [-0.1, -0.05) is 18.2 Å². The summed E-state index contributed by atoms with van der Waals surface area (Å²) in [6, 6.07) is 14.5. The van der Waals surface area contributed by atoms with Gasteiger partial charge in [-0.15, -0.1) is 0 Å². The Labute approximate surface area is 165 Å². The number of aromatic nitrogens is 2. The maximum atomic E-state index is 13.7. The molecule has 4 rings (SSSR count). The summed E-state index contributed by atoms with van der Waals surface area (Å²) in [5, 5.41) is 6.88. The minimum atomic E-state index is -0.442. The van der Waals surface area contributed by atoms with E-state index in [1.165, 1.54) is 12.1 Å². The third-order valence-corrected chi connectivity index (χ3v) is 4.43. The fourth-order valence-electron chi connectivity index (χ4n) is 2.95. The van der Waals surface area contributed by atoms with Crippen molar-refractivity contribution in [1.29, 1.82) is 0 Å². The lowest BCUT2D eigenvalue weighted by Crippen LogP contribution is -2.33. The number of ether oxygens (including phenoxy) is 2. The van der Waals surface area contributed by atoms with Crippen LogP contribution in [0.15, 0.2) is 59.4 Å². The number of nitrogens with zero attached hydrogens (tertiary/aromatic N) is 2. The number of benzene rings is 2. The molecule has 2 aromatic carbocycles. The van der Waals surface area contributed by atoms with Gasteiger partial charge in [0.25, 0.3) is 5.56 Å². The molecule has 1 aliphatic rings. The Balaban J connectivity index is 1.49. The number of carbonyl (C=O) groups excluding carboxylic acids is 1. The standard InChI is InChI=1S/C21H18FN3O4/c22-16-4-2-1-3-15(16)12-23-20(26)13-25-21(27)8-6-17(24-25)14-5-7-18-19(11-14)29-10-9-28-18/h1-8,11H,9-10,12-13H2,(H,23,26). The van der Waals surface area contributed by atoms with Crippen LogP contribution in [0.25, 0.3) is 11.3 Å². The van der Waals surface area contributed by atoms with Crippen LogP contribution >= 0.6 is 0 Å². The smallest absolute Gasteiger partial charge is 0.267 e. The van der Waals surface area contributed by atoms with E-state index >= 15 is 0 Å². The highest BCUT2D eigenvalue weighted by Gasteiger charge is 2.14. The molecule has 0 atom stereocenters. The van der Waals surface area contributed by atoms with Crippen LogP contribution in [0.2, 0.25) is 0 Å². The average molecular weight is 395 g/mol. The van der Waals surface area contributed by atoms with Crippen molar-refractivity contribution in [2.75, 3.05) is 13.2 Å². The fraction of sp³-hybridized carbons (Fsp3) is 0.190. The summed E-state index contributed by atoms with van der Waals surface area (Å²) in [5.74, 6) is 0.419. The maximum Gasteiger partial charge on any atom is 0.267 e. The van der Waals surface area contributed by atoms with Crippen LogP contribution in [0, 0.1) is 5.82 Å². The highest BCUT2D eigenvalue weighted by Crippen LogP contribution is 2.33. The highest BCUT2D eigenvalue weighted by molar-refractivity contribution is 5.75. The third kappa shape index (κ3) is 4.26. The van der Waals surface area contributed by atoms with Crippen molar-refractivity contribution in [3.63, 3.8) is 0 Å². The van der Waals surface area contributed by atoms with E-state index in [1.807, 2.05) is 6.07 Å². The van der Waals surface area contributed by atoms with Gasteiger partial charge in [-0.2, -0.15) is 5.10 Å². The lowest BCUT2D eigenvalue weighted by Gasteiger charge is -2.18. The molecule has 1 aromatic heterocycles. The first-order chi connectivity index (χ1) is 14.1. The molecule has 29 heavy (non-hydrogen) atoms. The third-order valence-electron chi connectivity index (χ3n) is 4.43. The van der Waals surface area contributed by atoms with E-state index < -0.39 is 17.3 Å². The SMILES string of the molecule is O=C(Cn1nc(-c2ccc3c(c2)OCCO3)ccc1=O)NCc1ccccc1F. The van der Waals surface area contributed by atoms with Gasteiger partial charge < -0.3 is 14.8 Å². The molecule has 0 fully saturated rings. The molecule has 0 spiro atoms. The number of hydrogen-bond acceptors (Lipinski definition) is 5. The van der Waals surface area contributed by atoms with Crippen molar-refractivity contribution in [2.45, 2.75) is 13.1 Å². The van der Waals surface area contributed by atoms with Crippen LogP contribution < -0.4 is 20.3 Å². The van der Waals surface area contributed by atoms with Gasteiger partial charge in [0.2, 0.25) is 5.91 Å². The molecule has 7 nitrogen and oxygen atoms in total. The van der Waals surface area contributed by atoms with Gasteiger partial charge in [-0.25, -0.2) is 9.07 Å². The molecule has 0 radical (unpaired) electrons. The number of nitrogens with one attached hydrogen (secondary N) is 1. The van der Waals surface area contributed by atoms with Crippen molar-refractivity contribution in [2.24, 2.45) is 0 Å². The van der Waals surface area contributed by atoms with Gasteiger partial charge >= 0.3 is 0 Å². The van der Waals surface area contributed by atoms with Crippen molar-refractivity contribution in [3.8, 4) is 22.8 Å². The minimum Gasteiger partial charge on any atom is -0.486 e. The van der Waals surface area contributed by atoms with E-state index in [-0.39, 0.29) is 13.1 Å². The van der Waals surface area contributed by atoms with Gasteiger partial charge in [0, 0.05) is 23.7 Å². The van der Waals surface area contributed by atoms with Crippen molar-refractivity contribution in [3.05, 3.63) is 76.3 Å². The zero-order valence-corrected chi connectivity index (χ0v) is 15.4. The maximum absolute atomic E-state index is 13.7. The molecule has 2 heterocycles. The zero-order valence-electron chi connectivity index (χ0n) is 15.4. The second kappa shape index (κ2) is 8.14. The summed E-state index contributed by atoms with van der Waals surface area (Å²) in [5.41, 5.74) is 1.21. The first kappa shape index (κ1) is 18.7. The summed E-state index contributed by atoms with van der Waals surface area (Å²) < 4.78 is 25.8. The van der Waals surface area contributed by atoms with Crippen molar-refractivity contribution < 1.29 is 18.7 Å². The second-order valence-electron chi connectivity index (χ2n) is 6.44.